The molecule has 1 aromatic heterocycles. The van der Waals surface area contributed by atoms with Crippen molar-refractivity contribution in [2.45, 2.75) is 39.7 Å². The van der Waals surface area contributed by atoms with Gasteiger partial charge < -0.3 is 10.4 Å². The second-order valence-electron chi connectivity index (χ2n) is 5.18. The maximum absolute atomic E-state index is 10.8. The van der Waals surface area contributed by atoms with E-state index in [2.05, 4.69) is 47.0 Å². The average Bonchev–Trinajstić information content (AvgIpc) is 2.46. The summed E-state index contributed by atoms with van der Waals surface area (Å²) in [6, 6.07) is -0.0921. The van der Waals surface area contributed by atoms with Gasteiger partial charge in [-0.05, 0) is 27.8 Å². The Bertz CT molecular complexity index is 387. The Hall–Kier alpha value is -0.620. The van der Waals surface area contributed by atoms with Crippen molar-refractivity contribution in [3.05, 3.63) is 9.98 Å². The van der Waals surface area contributed by atoms with Crippen LogP contribution in [0, 0.1) is 5.41 Å². The summed E-state index contributed by atoms with van der Waals surface area (Å²) in [6.45, 7) is 6.30. The Morgan fingerprint density at radius 1 is 1.65 bits per heavy atom. The number of carboxylic acids is 1. The first-order chi connectivity index (χ1) is 7.76. The highest BCUT2D eigenvalue weighted by atomic mass is 79.9. The number of thiazole rings is 1. The SMILES string of the molecule is CC(C)(C)CC(CC(=O)O)Nc1nc(Br)cs1. The third-order valence-corrected chi connectivity index (χ3v) is 3.57. The van der Waals surface area contributed by atoms with E-state index in [0.29, 0.717) is 0 Å². The van der Waals surface area contributed by atoms with Gasteiger partial charge in [0.25, 0.3) is 0 Å². The van der Waals surface area contributed by atoms with Gasteiger partial charge >= 0.3 is 5.97 Å². The lowest BCUT2D eigenvalue weighted by molar-refractivity contribution is -0.137. The molecule has 1 aromatic rings. The molecule has 17 heavy (non-hydrogen) atoms. The topological polar surface area (TPSA) is 62.2 Å². The molecule has 0 saturated heterocycles. The van der Waals surface area contributed by atoms with Crippen LogP contribution >= 0.6 is 27.3 Å². The lowest BCUT2D eigenvalue weighted by Crippen LogP contribution is -2.28. The molecule has 1 rings (SSSR count). The van der Waals surface area contributed by atoms with E-state index in [0.717, 1.165) is 16.2 Å². The third-order valence-electron chi connectivity index (χ3n) is 2.08. The molecule has 0 saturated carbocycles. The molecule has 4 nitrogen and oxygen atoms in total. The van der Waals surface area contributed by atoms with Gasteiger partial charge in [-0.2, -0.15) is 0 Å². The maximum atomic E-state index is 10.8. The summed E-state index contributed by atoms with van der Waals surface area (Å²) in [5.41, 5.74) is 0.0849. The number of rotatable bonds is 5. The van der Waals surface area contributed by atoms with Crippen molar-refractivity contribution >= 4 is 38.4 Å². The molecule has 0 fully saturated rings. The molecule has 1 unspecified atom stereocenters. The molecular weight excluding hydrogens is 304 g/mol. The molecule has 0 amide bonds. The number of halogens is 1. The van der Waals surface area contributed by atoms with Crippen molar-refractivity contribution in [1.29, 1.82) is 0 Å². The number of anilines is 1. The molecule has 2 N–H and O–H groups in total. The minimum Gasteiger partial charge on any atom is -0.481 e. The predicted molar refractivity (Wildman–Crippen MR) is 73.5 cm³/mol. The van der Waals surface area contributed by atoms with Crippen LogP contribution in [0.4, 0.5) is 5.13 Å². The van der Waals surface area contributed by atoms with Gasteiger partial charge in [0, 0.05) is 11.4 Å². The standard InChI is InChI=1S/C11H17BrN2O2S/c1-11(2,3)5-7(4-9(15)16)13-10-14-8(12)6-17-10/h6-7H,4-5H2,1-3H3,(H,13,14)(H,15,16). The molecule has 0 aliphatic heterocycles. The Labute approximate surface area is 114 Å². The van der Waals surface area contributed by atoms with Crippen molar-refractivity contribution in [2.24, 2.45) is 5.41 Å². The smallest absolute Gasteiger partial charge is 0.305 e. The molecule has 0 radical (unpaired) electrons. The highest BCUT2D eigenvalue weighted by molar-refractivity contribution is 9.10. The summed E-state index contributed by atoms with van der Waals surface area (Å²) in [7, 11) is 0. The predicted octanol–water partition coefficient (Wildman–Crippen LogP) is 3.60. The maximum Gasteiger partial charge on any atom is 0.305 e. The molecule has 1 heterocycles. The van der Waals surface area contributed by atoms with Crippen LogP contribution in [0.3, 0.4) is 0 Å². The highest BCUT2D eigenvalue weighted by Gasteiger charge is 2.21. The zero-order chi connectivity index (χ0) is 13.1. The number of aromatic nitrogens is 1. The van der Waals surface area contributed by atoms with Crippen LogP contribution < -0.4 is 5.32 Å². The fourth-order valence-corrected chi connectivity index (χ4v) is 2.84. The molecule has 0 bridgehead atoms. The van der Waals surface area contributed by atoms with E-state index in [4.69, 9.17) is 5.11 Å². The third kappa shape index (κ3) is 6.02. The summed E-state index contributed by atoms with van der Waals surface area (Å²) in [6.07, 6.45) is 0.894. The fraction of sp³-hybridized carbons (Fsp3) is 0.636. The van der Waals surface area contributed by atoms with Crippen LogP contribution in [0.25, 0.3) is 0 Å². The van der Waals surface area contributed by atoms with Gasteiger partial charge in [0.1, 0.15) is 4.60 Å². The van der Waals surface area contributed by atoms with Crippen molar-refractivity contribution in [3.8, 4) is 0 Å². The quantitative estimate of drug-likeness (QED) is 0.870. The number of aliphatic carboxylic acids is 1. The second-order valence-corrected chi connectivity index (χ2v) is 6.85. The normalized spacial score (nSPS) is 13.4. The number of hydrogen-bond donors (Lipinski definition) is 2. The Kier molecular flexibility index (Phi) is 4.94. The summed E-state index contributed by atoms with van der Waals surface area (Å²) < 4.78 is 0.773. The van der Waals surface area contributed by atoms with E-state index in [1.165, 1.54) is 11.3 Å². The number of carbonyl (C=O) groups is 1. The summed E-state index contributed by atoms with van der Waals surface area (Å²) in [4.78, 5) is 15.0. The monoisotopic (exact) mass is 320 g/mol. The van der Waals surface area contributed by atoms with Gasteiger partial charge in [0.15, 0.2) is 5.13 Å². The molecule has 0 aliphatic rings. The fourth-order valence-electron chi connectivity index (χ4n) is 1.62. The van der Waals surface area contributed by atoms with Gasteiger partial charge in [-0.1, -0.05) is 20.8 Å². The van der Waals surface area contributed by atoms with Crippen LogP contribution in [0.2, 0.25) is 0 Å². The Balaban J connectivity index is 2.66. The number of hydrogen-bond acceptors (Lipinski definition) is 4. The zero-order valence-corrected chi connectivity index (χ0v) is 12.6. The van der Waals surface area contributed by atoms with Crippen molar-refractivity contribution in [3.63, 3.8) is 0 Å². The second kappa shape index (κ2) is 5.82. The molecule has 0 aliphatic carbocycles. The minimum atomic E-state index is -0.789. The van der Waals surface area contributed by atoms with Crippen molar-refractivity contribution < 1.29 is 9.90 Å². The highest BCUT2D eigenvalue weighted by Crippen LogP contribution is 2.26. The van der Waals surface area contributed by atoms with Gasteiger partial charge in [0.2, 0.25) is 0 Å². The van der Waals surface area contributed by atoms with Gasteiger partial charge in [-0.15, -0.1) is 11.3 Å². The first-order valence-electron chi connectivity index (χ1n) is 5.35. The first kappa shape index (κ1) is 14.4. The number of nitrogens with one attached hydrogen (secondary N) is 1. The van der Waals surface area contributed by atoms with Crippen LogP contribution in [-0.4, -0.2) is 22.1 Å². The molecule has 6 heteroatoms. The Morgan fingerprint density at radius 3 is 2.71 bits per heavy atom. The number of nitrogens with zero attached hydrogens (tertiary/aromatic N) is 1. The van der Waals surface area contributed by atoms with E-state index in [1.54, 1.807) is 0 Å². The number of carboxylic acid groups (broad SMARTS) is 1. The largest absolute Gasteiger partial charge is 0.481 e. The van der Waals surface area contributed by atoms with Crippen molar-refractivity contribution in [1.82, 2.24) is 4.98 Å². The van der Waals surface area contributed by atoms with Crippen LogP contribution in [0.15, 0.2) is 9.98 Å². The molecular formula is C11H17BrN2O2S. The van der Waals surface area contributed by atoms with Gasteiger partial charge in [-0.25, -0.2) is 4.98 Å². The Morgan fingerprint density at radius 2 is 2.29 bits per heavy atom. The van der Waals surface area contributed by atoms with E-state index in [9.17, 15) is 4.79 Å². The van der Waals surface area contributed by atoms with Gasteiger partial charge in [-0.3, -0.25) is 4.79 Å². The average molecular weight is 321 g/mol. The first-order valence-corrected chi connectivity index (χ1v) is 7.03. The minimum absolute atomic E-state index is 0.0849. The summed E-state index contributed by atoms with van der Waals surface area (Å²) in [5.74, 6) is -0.789. The molecule has 0 spiro atoms. The van der Waals surface area contributed by atoms with Gasteiger partial charge in [0.05, 0.1) is 6.42 Å². The van der Waals surface area contributed by atoms with E-state index in [-0.39, 0.29) is 17.9 Å². The zero-order valence-electron chi connectivity index (χ0n) is 10.2. The lowest BCUT2D eigenvalue weighted by Gasteiger charge is -2.25. The van der Waals surface area contributed by atoms with Crippen LogP contribution in [-0.2, 0) is 4.79 Å². The molecule has 0 aromatic carbocycles. The summed E-state index contributed by atoms with van der Waals surface area (Å²) >= 11 is 4.75. The summed E-state index contributed by atoms with van der Waals surface area (Å²) in [5, 5.41) is 14.7. The van der Waals surface area contributed by atoms with E-state index in [1.807, 2.05) is 5.38 Å². The van der Waals surface area contributed by atoms with Crippen molar-refractivity contribution in [2.75, 3.05) is 5.32 Å². The van der Waals surface area contributed by atoms with E-state index >= 15 is 0 Å². The van der Waals surface area contributed by atoms with Crippen LogP contribution in [0.5, 0.6) is 0 Å². The molecule has 96 valence electrons. The molecule has 1 atom stereocenters. The van der Waals surface area contributed by atoms with E-state index < -0.39 is 5.97 Å². The van der Waals surface area contributed by atoms with Crippen LogP contribution in [0.1, 0.15) is 33.6 Å². The lowest BCUT2D eigenvalue weighted by atomic mass is 9.87.